The summed E-state index contributed by atoms with van der Waals surface area (Å²) in [5.74, 6) is 0.690. The van der Waals surface area contributed by atoms with E-state index in [0.717, 1.165) is 24.3 Å². The van der Waals surface area contributed by atoms with Crippen LogP contribution in [0.15, 0.2) is 6.20 Å². The third kappa shape index (κ3) is 2.56. The van der Waals surface area contributed by atoms with Crippen molar-refractivity contribution in [1.82, 2.24) is 20.4 Å². The molecule has 1 amide bonds. The fourth-order valence-electron chi connectivity index (χ4n) is 2.34. The maximum absolute atomic E-state index is 12.1. The standard InChI is InChI=1S/C13H22N4O/c1-8(11-5-14-6-11)13(18)15-9(2)12-7-17(4)16-10(12)3/h7-9,11,14H,5-6H2,1-4H3,(H,15,18). The molecule has 2 unspecified atom stereocenters. The summed E-state index contributed by atoms with van der Waals surface area (Å²) in [4.78, 5) is 12.1. The van der Waals surface area contributed by atoms with Crippen molar-refractivity contribution in [1.29, 1.82) is 0 Å². The van der Waals surface area contributed by atoms with E-state index in [4.69, 9.17) is 0 Å². The van der Waals surface area contributed by atoms with Crippen LogP contribution in [-0.4, -0.2) is 28.8 Å². The monoisotopic (exact) mass is 250 g/mol. The van der Waals surface area contributed by atoms with Gasteiger partial charge in [0.1, 0.15) is 0 Å². The Balaban J connectivity index is 1.96. The van der Waals surface area contributed by atoms with Crippen molar-refractivity contribution < 1.29 is 4.79 Å². The second-order valence-electron chi connectivity index (χ2n) is 5.28. The van der Waals surface area contributed by atoms with Crippen molar-refractivity contribution >= 4 is 5.91 Å². The van der Waals surface area contributed by atoms with E-state index in [0.29, 0.717) is 5.92 Å². The average Bonchev–Trinajstić information content (AvgIpc) is 2.55. The fourth-order valence-corrected chi connectivity index (χ4v) is 2.34. The van der Waals surface area contributed by atoms with Crippen molar-refractivity contribution in [2.75, 3.05) is 13.1 Å². The van der Waals surface area contributed by atoms with E-state index in [1.54, 1.807) is 4.68 Å². The molecule has 0 radical (unpaired) electrons. The number of nitrogens with zero attached hydrogens (tertiary/aromatic N) is 2. The first kappa shape index (κ1) is 13.1. The minimum Gasteiger partial charge on any atom is -0.349 e. The van der Waals surface area contributed by atoms with Gasteiger partial charge in [0.25, 0.3) is 0 Å². The number of carbonyl (C=O) groups is 1. The zero-order valence-electron chi connectivity index (χ0n) is 11.5. The van der Waals surface area contributed by atoms with Crippen molar-refractivity contribution in [3.8, 4) is 0 Å². The third-order valence-electron chi connectivity index (χ3n) is 3.81. The van der Waals surface area contributed by atoms with Crippen LogP contribution in [0.4, 0.5) is 0 Å². The van der Waals surface area contributed by atoms with Gasteiger partial charge in [0.05, 0.1) is 11.7 Å². The molecule has 1 aromatic heterocycles. The number of aryl methyl sites for hydroxylation is 2. The first-order chi connectivity index (χ1) is 8.49. The summed E-state index contributed by atoms with van der Waals surface area (Å²) in [5, 5.41) is 10.6. The Bertz CT molecular complexity index is 436. The molecule has 2 atom stereocenters. The molecule has 1 fully saturated rings. The highest BCUT2D eigenvalue weighted by Gasteiger charge is 2.29. The molecular weight excluding hydrogens is 228 g/mol. The van der Waals surface area contributed by atoms with Crippen LogP contribution < -0.4 is 10.6 Å². The molecule has 2 N–H and O–H groups in total. The molecule has 2 rings (SSSR count). The Labute approximate surface area is 108 Å². The van der Waals surface area contributed by atoms with Gasteiger partial charge in [0, 0.05) is 24.7 Å². The molecule has 5 heteroatoms. The number of carbonyl (C=O) groups excluding carboxylic acids is 1. The molecule has 0 bridgehead atoms. The molecule has 0 saturated carbocycles. The molecule has 0 spiro atoms. The summed E-state index contributed by atoms with van der Waals surface area (Å²) in [6.07, 6.45) is 1.97. The first-order valence-corrected chi connectivity index (χ1v) is 6.50. The molecule has 0 aliphatic carbocycles. The lowest BCUT2D eigenvalue weighted by Gasteiger charge is -2.32. The fraction of sp³-hybridized carbons (Fsp3) is 0.692. The number of aromatic nitrogens is 2. The second-order valence-corrected chi connectivity index (χ2v) is 5.28. The maximum atomic E-state index is 12.1. The van der Waals surface area contributed by atoms with Gasteiger partial charge >= 0.3 is 0 Å². The van der Waals surface area contributed by atoms with Crippen molar-refractivity contribution in [3.63, 3.8) is 0 Å². The van der Waals surface area contributed by atoms with Crippen molar-refractivity contribution in [2.24, 2.45) is 18.9 Å². The average molecular weight is 250 g/mol. The first-order valence-electron chi connectivity index (χ1n) is 6.50. The Morgan fingerprint density at radius 2 is 2.22 bits per heavy atom. The minimum absolute atomic E-state index is 0.0154. The number of hydrogen-bond donors (Lipinski definition) is 2. The Kier molecular flexibility index (Phi) is 3.71. The quantitative estimate of drug-likeness (QED) is 0.829. The number of nitrogens with one attached hydrogen (secondary N) is 2. The van der Waals surface area contributed by atoms with Gasteiger partial charge in [-0.05, 0) is 32.9 Å². The summed E-state index contributed by atoms with van der Waals surface area (Å²) in [6, 6.07) is 0.0154. The Hall–Kier alpha value is -1.36. The normalized spacial score (nSPS) is 19.1. The van der Waals surface area contributed by atoms with Crippen LogP contribution in [0, 0.1) is 18.8 Å². The van der Waals surface area contributed by atoms with Crippen LogP contribution in [-0.2, 0) is 11.8 Å². The third-order valence-corrected chi connectivity index (χ3v) is 3.81. The van der Waals surface area contributed by atoms with E-state index in [-0.39, 0.29) is 17.9 Å². The topological polar surface area (TPSA) is 59.0 Å². The Morgan fingerprint density at radius 3 is 2.67 bits per heavy atom. The predicted molar refractivity (Wildman–Crippen MR) is 70.0 cm³/mol. The highest BCUT2D eigenvalue weighted by atomic mass is 16.1. The molecule has 2 heterocycles. The van der Waals surface area contributed by atoms with E-state index < -0.39 is 0 Å². The summed E-state index contributed by atoms with van der Waals surface area (Å²) in [5.41, 5.74) is 2.06. The highest BCUT2D eigenvalue weighted by Crippen LogP contribution is 2.19. The molecule has 1 aliphatic rings. The van der Waals surface area contributed by atoms with E-state index in [2.05, 4.69) is 15.7 Å². The Morgan fingerprint density at radius 1 is 1.56 bits per heavy atom. The van der Waals surface area contributed by atoms with Crippen LogP contribution in [0.3, 0.4) is 0 Å². The van der Waals surface area contributed by atoms with Gasteiger partial charge in [-0.1, -0.05) is 6.92 Å². The predicted octanol–water partition coefficient (Wildman–Crippen LogP) is 0.761. The van der Waals surface area contributed by atoms with Crippen LogP contribution in [0.1, 0.15) is 31.1 Å². The molecule has 1 aromatic rings. The number of amides is 1. The summed E-state index contributed by atoms with van der Waals surface area (Å²) in [6.45, 7) is 7.89. The van der Waals surface area contributed by atoms with Gasteiger partial charge in [0.15, 0.2) is 0 Å². The van der Waals surface area contributed by atoms with E-state index >= 15 is 0 Å². The van der Waals surface area contributed by atoms with Crippen LogP contribution in [0.5, 0.6) is 0 Å². The lowest BCUT2D eigenvalue weighted by Crippen LogP contribution is -2.49. The summed E-state index contributed by atoms with van der Waals surface area (Å²) in [7, 11) is 1.90. The van der Waals surface area contributed by atoms with Gasteiger partial charge in [-0.15, -0.1) is 0 Å². The van der Waals surface area contributed by atoms with Gasteiger partial charge in [0.2, 0.25) is 5.91 Å². The minimum atomic E-state index is 0.0154. The molecular formula is C13H22N4O. The zero-order chi connectivity index (χ0) is 13.3. The SMILES string of the molecule is Cc1nn(C)cc1C(C)NC(=O)C(C)C1CNC1. The van der Waals surface area contributed by atoms with E-state index in [1.807, 2.05) is 34.0 Å². The van der Waals surface area contributed by atoms with Gasteiger partial charge < -0.3 is 10.6 Å². The van der Waals surface area contributed by atoms with Crippen LogP contribution in [0.25, 0.3) is 0 Å². The van der Waals surface area contributed by atoms with E-state index in [1.165, 1.54) is 0 Å². The second kappa shape index (κ2) is 5.10. The molecule has 5 nitrogen and oxygen atoms in total. The molecule has 1 aliphatic heterocycles. The smallest absolute Gasteiger partial charge is 0.223 e. The lowest BCUT2D eigenvalue weighted by molar-refractivity contribution is -0.127. The van der Waals surface area contributed by atoms with Gasteiger partial charge in [-0.3, -0.25) is 9.48 Å². The highest BCUT2D eigenvalue weighted by molar-refractivity contribution is 5.79. The molecule has 0 aromatic carbocycles. The van der Waals surface area contributed by atoms with Gasteiger partial charge in [-0.2, -0.15) is 5.10 Å². The number of hydrogen-bond acceptors (Lipinski definition) is 3. The van der Waals surface area contributed by atoms with Crippen LogP contribution >= 0.6 is 0 Å². The number of rotatable bonds is 4. The van der Waals surface area contributed by atoms with Crippen molar-refractivity contribution in [3.05, 3.63) is 17.5 Å². The summed E-state index contributed by atoms with van der Waals surface area (Å²) < 4.78 is 1.78. The molecule has 100 valence electrons. The van der Waals surface area contributed by atoms with E-state index in [9.17, 15) is 4.79 Å². The molecule has 18 heavy (non-hydrogen) atoms. The maximum Gasteiger partial charge on any atom is 0.223 e. The van der Waals surface area contributed by atoms with Crippen LogP contribution in [0.2, 0.25) is 0 Å². The lowest BCUT2D eigenvalue weighted by atomic mass is 9.88. The zero-order valence-corrected chi connectivity index (χ0v) is 11.5. The van der Waals surface area contributed by atoms with Crippen molar-refractivity contribution in [2.45, 2.75) is 26.8 Å². The molecule has 1 saturated heterocycles. The van der Waals surface area contributed by atoms with Gasteiger partial charge in [-0.25, -0.2) is 0 Å². The largest absolute Gasteiger partial charge is 0.349 e. The summed E-state index contributed by atoms with van der Waals surface area (Å²) >= 11 is 0.